The van der Waals surface area contributed by atoms with Gasteiger partial charge in [-0.05, 0) is 25.3 Å². The van der Waals surface area contributed by atoms with E-state index in [4.69, 9.17) is 0 Å². The zero-order chi connectivity index (χ0) is 13.7. The van der Waals surface area contributed by atoms with Gasteiger partial charge >= 0.3 is 0 Å². The molecule has 19 heavy (non-hydrogen) atoms. The van der Waals surface area contributed by atoms with E-state index in [0.29, 0.717) is 6.04 Å². The van der Waals surface area contributed by atoms with Crippen molar-refractivity contribution >= 4 is 0 Å². The number of hydrogen-bond acceptors (Lipinski definition) is 3. The Labute approximate surface area is 117 Å². The smallest absolute Gasteiger partial charge is 0.109 e. The Hall–Kier alpha value is -0.870. The van der Waals surface area contributed by atoms with Crippen LogP contribution in [-0.4, -0.2) is 46.7 Å². The lowest BCUT2D eigenvalue weighted by Gasteiger charge is -2.27. The molecular weight excluding hydrogens is 236 g/mol. The number of imidazole rings is 1. The SMILES string of the molecule is CC(C)CN(CCc1nccn1C)CC1CCCN1. The maximum absolute atomic E-state index is 4.42. The molecule has 1 aliphatic rings. The summed E-state index contributed by atoms with van der Waals surface area (Å²) in [4.78, 5) is 7.02. The molecule has 0 amide bonds. The Morgan fingerprint density at radius 3 is 2.95 bits per heavy atom. The zero-order valence-corrected chi connectivity index (χ0v) is 12.6. The lowest BCUT2D eigenvalue weighted by Crippen LogP contribution is -2.40. The molecule has 1 atom stereocenters. The Kier molecular flexibility index (Phi) is 5.40. The molecule has 1 saturated heterocycles. The van der Waals surface area contributed by atoms with Crippen LogP contribution in [0.2, 0.25) is 0 Å². The van der Waals surface area contributed by atoms with E-state index in [1.807, 2.05) is 12.4 Å². The third kappa shape index (κ3) is 4.62. The molecule has 0 saturated carbocycles. The van der Waals surface area contributed by atoms with E-state index >= 15 is 0 Å². The molecule has 0 aliphatic carbocycles. The molecule has 2 heterocycles. The van der Waals surface area contributed by atoms with E-state index in [9.17, 15) is 0 Å². The van der Waals surface area contributed by atoms with Crippen LogP contribution in [0, 0.1) is 5.92 Å². The van der Waals surface area contributed by atoms with Crippen molar-refractivity contribution in [2.24, 2.45) is 13.0 Å². The van der Waals surface area contributed by atoms with Gasteiger partial charge in [0.1, 0.15) is 5.82 Å². The first-order valence-electron chi connectivity index (χ1n) is 7.57. The second-order valence-electron chi connectivity index (χ2n) is 6.15. The van der Waals surface area contributed by atoms with Gasteiger partial charge in [0.25, 0.3) is 0 Å². The molecule has 1 aromatic heterocycles. The van der Waals surface area contributed by atoms with E-state index in [1.54, 1.807) is 0 Å². The van der Waals surface area contributed by atoms with Crippen LogP contribution in [0.3, 0.4) is 0 Å². The van der Waals surface area contributed by atoms with E-state index in [0.717, 1.165) is 18.9 Å². The van der Waals surface area contributed by atoms with E-state index in [-0.39, 0.29) is 0 Å². The van der Waals surface area contributed by atoms with Gasteiger partial charge in [-0.3, -0.25) is 0 Å². The average molecular weight is 264 g/mol. The minimum Gasteiger partial charge on any atom is -0.338 e. The fourth-order valence-corrected chi connectivity index (χ4v) is 2.89. The molecule has 2 rings (SSSR count). The number of rotatable bonds is 7. The van der Waals surface area contributed by atoms with Crippen LogP contribution < -0.4 is 5.32 Å². The van der Waals surface area contributed by atoms with Gasteiger partial charge in [-0.25, -0.2) is 4.98 Å². The van der Waals surface area contributed by atoms with Gasteiger partial charge in [-0.2, -0.15) is 0 Å². The summed E-state index contributed by atoms with van der Waals surface area (Å²) in [5.41, 5.74) is 0. The molecule has 1 fully saturated rings. The second kappa shape index (κ2) is 7.06. The van der Waals surface area contributed by atoms with Gasteiger partial charge in [0, 0.05) is 51.5 Å². The van der Waals surface area contributed by atoms with Crippen LogP contribution >= 0.6 is 0 Å². The summed E-state index contributed by atoms with van der Waals surface area (Å²) >= 11 is 0. The first-order chi connectivity index (χ1) is 9.15. The zero-order valence-electron chi connectivity index (χ0n) is 12.6. The molecule has 1 N–H and O–H groups in total. The summed E-state index contributed by atoms with van der Waals surface area (Å²) < 4.78 is 2.13. The Balaban J connectivity index is 1.84. The highest BCUT2D eigenvalue weighted by Gasteiger charge is 2.18. The standard InChI is InChI=1S/C15H28N4/c1-13(2)11-19(12-14-5-4-7-16-14)9-6-15-17-8-10-18(15)3/h8,10,13-14,16H,4-7,9,11-12H2,1-3H3. The topological polar surface area (TPSA) is 33.1 Å². The van der Waals surface area contributed by atoms with Crippen LogP contribution in [-0.2, 0) is 13.5 Å². The van der Waals surface area contributed by atoms with Crippen LogP contribution in [0.5, 0.6) is 0 Å². The summed E-state index contributed by atoms with van der Waals surface area (Å²) in [6.45, 7) is 9.28. The van der Waals surface area contributed by atoms with Crippen molar-refractivity contribution in [3.05, 3.63) is 18.2 Å². The molecule has 1 aliphatic heterocycles. The van der Waals surface area contributed by atoms with E-state index in [2.05, 4.69) is 40.7 Å². The molecule has 1 unspecified atom stereocenters. The molecular formula is C15H28N4. The quantitative estimate of drug-likeness (QED) is 0.813. The second-order valence-corrected chi connectivity index (χ2v) is 6.15. The van der Waals surface area contributed by atoms with E-state index < -0.39 is 0 Å². The summed E-state index contributed by atoms with van der Waals surface area (Å²) in [6.07, 6.45) is 7.63. The predicted molar refractivity (Wildman–Crippen MR) is 79.2 cm³/mol. The van der Waals surface area contributed by atoms with Crippen LogP contribution in [0.4, 0.5) is 0 Å². The molecule has 4 nitrogen and oxygen atoms in total. The Morgan fingerprint density at radius 1 is 1.53 bits per heavy atom. The number of aromatic nitrogens is 2. The third-order valence-electron chi connectivity index (χ3n) is 3.84. The van der Waals surface area contributed by atoms with Crippen molar-refractivity contribution in [3.8, 4) is 0 Å². The van der Waals surface area contributed by atoms with Gasteiger partial charge in [-0.15, -0.1) is 0 Å². The monoisotopic (exact) mass is 264 g/mol. The first-order valence-corrected chi connectivity index (χ1v) is 7.57. The summed E-state index contributed by atoms with van der Waals surface area (Å²) in [5.74, 6) is 1.91. The molecule has 0 spiro atoms. The largest absolute Gasteiger partial charge is 0.338 e. The first kappa shape index (κ1) is 14.5. The Morgan fingerprint density at radius 2 is 2.37 bits per heavy atom. The lowest BCUT2D eigenvalue weighted by atomic mass is 10.1. The normalized spacial score (nSPS) is 19.7. The van der Waals surface area contributed by atoms with Gasteiger partial charge in [0.2, 0.25) is 0 Å². The van der Waals surface area contributed by atoms with Crippen LogP contribution in [0.1, 0.15) is 32.5 Å². The maximum atomic E-state index is 4.42. The van der Waals surface area contributed by atoms with Crippen molar-refractivity contribution in [2.45, 2.75) is 39.2 Å². The van der Waals surface area contributed by atoms with Gasteiger partial charge in [0.15, 0.2) is 0 Å². The average Bonchev–Trinajstić information content (AvgIpc) is 2.97. The Bertz CT molecular complexity index is 366. The molecule has 0 aromatic carbocycles. The van der Waals surface area contributed by atoms with Crippen molar-refractivity contribution < 1.29 is 0 Å². The molecule has 0 radical (unpaired) electrons. The predicted octanol–water partition coefficient (Wildman–Crippen LogP) is 1.67. The molecule has 108 valence electrons. The highest BCUT2D eigenvalue weighted by atomic mass is 15.2. The van der Waals surface area contributed by atoms with Crippen LogP contribution in [0.25, 0.3) is 0 Å². The van der Waals surface area contributed by atoms with Crippen molar-refractivity contribution in [3.63, 3.8) is 0 Å². The van der Waals surface area contributed by atoms with E-state index in [1.165, 1.54) is 38.3 Å². The number of aryl methyl sites for hydroxylation is 1. The number of hydrogen-bond donors (Lipinski definition) is 1. The minimum absolute atomic E-state index is 0.695. The van der Waals surface area contributed by atoms with Gasteiger partial charge in [0.05, 0.1) is 0 Å². The number of nitrogens with one attached hydrogen (secondary N) is 1. The van der Waals surface area contributed by atoms with Crippen molar-refractivity contribution in [1.82, 2.24) is 19.8 Å². The van der Waals surface area contributed by atoms with Gasteiger partial charge in [-0.1, -0.05) is 13.8 Å². The van der Waals surface area contributed by atoms with Crippen LogP contribution in [0.15, 0.2) is 12.4 Å². The maximum Gasteiger partial charge on any atom is 0.109 e. The fourth-order valence-electron chi connectivity index (χ4n) is 2.89. The summed E-state index contributed by atoms with van der Waals surface area (Å²) in [5, 5.41) is 3.60. The highest BCUT2D eigenvalue weighted by molar-refractivity contribution is 4.92. The summed E-state index contributed by atoms with van der Waals surface area (Å²) in [7, 11) is 2.08. The highest BCUT2D eigenvalue weighted by Crippen LogP contribution is 2.09. The fraction of sp³-hybridized carbons (Fsp3) is 0.800. The molecule has 0 bridgehead atoms. The van der Waals surface area contributed by atoms with Crippen molar-refractivity contribution in [2.75, 3.05) is 26.2 Å². The lowest BCUT2D eigenvalue weighted by molar-refractivity contribution is 0.225. The molecule has 4 heteroatoms. The molecule has 1 aromatic rings. The third-order valence-corrected chi connectivity index (χ3v) is 3.84. The minimum atomic E-state index is 0.695. The van der Waals surface area contributed by atoms with Gasteiger partial charge < -0.3 is 14.8 Å². The number of nitrogens with zero attached hydrogens (tertiary/aromatic N) is 3. The van der Waals surface area contributed by atoms with Crippen molar-refractivity contribution in [1.29, 1.82) is 0 Å². The summed E-state index contributed by atoms with van der Waals surface area (Å²) in [6, 6.07) is 0.695.